The molecule has 0 bridgehead atoms. The lowest BCUT2D eigenvalue weighted by molar-refractivity contribution is -0.132. The third kappa shape index (κ3) is 3.98. The fraction of sp³-hybridized carbons (Fsp3) is 0.148. The average Bonchev–Trinajstić information content (AvgIpc) is 3.42. The molecule has 5 rings (SSSR count). The maximum absolute atomic E-state index is 13.5. The van der Waals surface area contributed by atoms with E-state index in [-0.39, 0.29) is 38.6 Å². The Morgan fingerprint density at radius 2 is 1.76 bits per heavy atom. The standard InChI is InChI=1S/C27H21Cl2N3O5/c1-13-7-6-8-14(11-13)21-19(22(33)15-12-16(28)25(37-3)20(29)24(15)36-2)23(34)26(35)32(21)27-30-17-9-4-5-10-18(17)31-27/h4-12,21,33H,1-3H3,(H,30,31)/b22-19+. The smallest absolute Gasteiger partial charge is 0.302 e. The summed E-state index contributed by atoms with van der Waals surface area (Å²) in [7, 11) is 2.75. The van der Waals surface area contributed by atoms with Crippen molar-refractivity contribution in [2.24, 2.45) is 0 Å². The number of fused-ring (bicyclic) bond motifs is 1. The van der Waals surface area contributed by atoms with E-state index in [2.05, 4.69) is 9.97 Å². The first-order valence-corrected chi connectivity index (χ1v) is 11.9. The number of halogens is 2. The molecule has 10 heteroatoms. The van der Waals surface area contributed by atoms with E-state index in [0.29, 0.717) is 16.6 Å². The number of carbonyl (C=O) groups is 2. The quantitative estimate of drug-likeness (QED) is 0.189. The molecule has 1 aromatic heterocycles. The fourth-order valence-electron chi connectivity index (χ4n) is 4.55. The number of methoxy groups -OCH3 is 2. The van der Waals surface area contributed by atoms with E-state index in [1.54, 1.807) is 12.1 Å². The number of imidazole rings is 1. The van der Waals surface area contributed by atoms with Gasteiger partial charge in [-0.1, -0.05) is 65.2 Å². The summed E-state index contributed by atoms with van der Waals surface area (Å²) < 4.78 is 10.7. The lowest BCUT2D eigenvalue weighted by atomic mass is 9.94. The van der Waals surface area contributed by atoms with Crippen molar-refractivity contribution in [2.45, 2.75) is 13.0 Å². The Morgan fingerprint density at radius 3 is 2.43 bits per heavy atom. The Morgan fingerprint density at radius 1 is 1.03 bits per heavy atom. The van der Waals surface area contributed by atoms with Gasteiger partial charge >= 0.3 is 5.91 Å². The van der Waals surface area contributed by atoms with E-state index < -0.39 is 23.5 Å². The number of aliphatic hydroxyl groups is 1. The number of rotatable bonds is 5. The Balaban J connectivity index is 1.79. The number of ketones is 1. The summed E-state index contributed by atoms with van der Waals surface area (Å²) in [4.78, 5) is 35.9. The predicted octanol–water partition coefficient (Wildman–Crippen LogP) is 5.82. The van der Waals surface area contributed by atoms with Crippen molar-refractivity contribution < 1.29 is 24.2 Å². The molecule has 1 aliphatic heterocycles. The molecular formula is C27H21Cl2N3O5. The number of carbonyl (C=O) groups excluding carboxylic acids is 2. The highest BCUT2D eigenvalue weighted by Crippen LogP contribution is 2.48. The molecule has 3 aromatic carbocycles. The molecule has 1 aliphatic rings. The highest BCUT2D eigenvalue weighted by atomic mass is 35.5. The van der Waals surface area contributed by atoms with Gasteiger partial charge in [-0.3, -0.25) is 14.5 Å². The SMILES string of the molecule is COc1c(Cl)cc(/C(O)=C2\C(=O)C(=O)N(c3nc4ccccc4[nH]3)C2c2cccc(C)c2)c(OC)c1Cl. The Labute approximate surface area is 222 Å². The first-order chi connectivity index (χ1) is 17.8. The van der Waals surface area contributed by atoms with E-state index in [9.17, 15) is 14.7 Å². The largest absolute Gasteiger partial charge is 0.507 e. The number of hydrogen-bond acceptors (Lipinski definition) is 6. The molecule has 8 nitrogen and oxygen atoms in total. The molecule has 0 aliphatic carbocycles. The number of aryl methyl sites for hydroxylation is 1. The number of ether oxygens (including phenoxy) is 2. The van der Waals surface area contributed by atoms with Gasteiger partial charge in [-0.25, -0.2) is 4.98 Å². The molecule has 0 spiro atoms. The summed E-state index contributed by atoms with van der Waals surface area (Å²) in [5, 5.41) is 11.7. The Bertz CT molecular complexity index is 1580. The van der Waals surface area contributed by atoms with Gasteiger partial charge in [0.15, 0.2) is 11.5 Å². The van der Waals surface area contributed by atoms with Crippen LogP contribution >= 0.6 is 23.2 Å². The number of H-pyrrole nitrogens is 1. The Kier molecular flexibility index (Phi) is 6.31. The average molecular weight is 538 g/mol. The number of para-hydroxylation sites is 2. The maximum Gasteiger partial charge on any atom is 0.302 e. The molecular weight excluding hydrogens is 517 g/mol. The van der Waals surface area contributed by atoms with Crippen molar-refractivity contribution in [3.63, 3.8) is 0 Å². The predicted molar refractivity (Wildman–Crippen MR) is 142 cm³/mol. The molecule has 1 saturated heterocycles. The lowest BCUT2D eigenvalue weighted by Gasteiger charge is -2.23. The number of anilines is 1. The Hall–Kier alpha value is -4.01. The third-order valence-corrected chi connectivity index (χ3v) is 6.83. The number of hydrogen-bond donors (Lipinski definition) is 2. The molecule has 0 radical (unpaired) electrons. The van der Waals surface area contributed by atoms with Crippen LogP contribution in [0.4, 0.5) is 5.95 Å². The monoisotopic (exact) mass is 537 g/mol. The van der Waals surface area contributed by atoms with Gasteiger partial charge in [0.05, 0.1) is 47.5 Å². The van der Waals surface area contributed by atoms with Gasteiger partial charge in [0, 0.05) is 0 Å². The lowest BCUT2D eigenvalue weighted by Crippen LogP contribution is -2.30. The van der Waals surface area contributed by atoms with E-state index in [4.69, 9.17) is 32.7 Å². The van der Waals surface area contributed by atoms with Crippen molar-refractivity contribution >= 4 is 57.6 Å². The second-order valence-corrected chi connectivity index (χ2v) is 9.23. The van der Waals surface area contributed by atoms with Crippen molar-refractivity contribution in [3.05, 3.63) is 86.9 Å². The first kappa shape index (κ1) is 24.7. The number of nitrogens with one attached hydrogen (secondary N) is 1. The minimum absolute atomic E-state index is 0.0117. The number of aromatic amines is 1. The van der Waals surface area contributed by atoms with E-state index >= 15 is 0 Å². The van der Waals surface area contributed by atoms with Crippen LogP contribution < -0.4 is 14.4 Å². The van der Waals surface area contributed by atoms with Crippen LogP contribution in [-0.4, -0.2) is 41.0 Å². The molecule has 1 fully saturated rings. The molecule has 1 amide bonds. The van der Waals surface area contributed by atoms with Gasteiger partial charge in [0.1, 0.15) is 10.8 Å². The zero-order valence-corrected chi connectivity index (χ0v) is 21.5. The summed E-state index contributed by atoms with van der Waals surface area (Å²) in [6, 6.07) is 15.0. The van der Waals surface area contributed by atoms with Crippen LogP contribution in [0.15, 0.2) is 60.2 Å². The topological polar surface area (TPSA) is 105 Å². The minimum Gasteiger partial charge on any atom is -0.507 e. The van der Waals surface area contributed by atoms with Gasteiger partial charge in [0.25, 0.3) is 5.78 Å². The molecule has 37 heavy (non-hydrogen) atoms. The third-order valence-electron chi connectivity index (χ3n) is 6.20. The van der Waals surface area contributed by atoms with E-state index in [1.807, 2.05) is 43.3 Å². The molecule has 1 unspecified atom stereocenters. The van der Waals surface area contributed by atoms with Crippen LogP contribution in [0.5, 0.6) is 11.5 Å². The number of nitrogens with zero attached hydrogens (tertiary/aromatic N) is 2. The first-order valence-electron chi connectivity index (χ1n) is 11.2. The maximum atomic E-state index is 13.5. The second-order valence-electron chi connectivity index (χ2n) is 8.45. The van der Waals surface area contributed by atoms with Gasteiger partial charge in [0.2, 0.25) is 5.95 Å². The molecule has 188 valence electrons. The van der Waals surface area contributed by atoms with E-state index in [0.717, 1.165) is 5.56 Å². The van der Waals surface area contributed by atoms with Crippen molar-refractivity contribution in [1.29, 1.82) is 0 Å². The number of amides is 1. The normalized spacial score (nSPS) is 17.0. The van der Waals surface area contributed by atoms with E-state index in [1.165, 1.54) is 25.2 Å². The summed E-state index contributed by atoms with van der Waals surface area (Å²) >= 11 is 12.8. The minimum atomic E-state index is -0.996. The van der Waals surface area contributed by atoms with Crippen LogP contribution in [-0.2, 0) is 9.59 Å². The van der Waals surface area contributed by atoms with Crippen LogP contribution in [0, 0.1) is 6.92 Å². The number of Topliss-reactive ketones (excluding diaryl/α,β-unsaturated/α-hetero) is 1. The fourth-order valence-corrected chi connectivity index (χ4v) is 5.24. The summed E-state index contributed by atoms with van der Waals surface area (Å²) in [6.45, 7) is 1.89. The number of aromatic nitrogens is 2. The summed E-state index contributed by atoms with van der Waals surface area (Å²) in [6.07, 6.45) is 0. The highest BCUT2D eigenvalue weighted by Gasteiger charge is 2.48. The zero-order valence-electron chi connectivity index (χ0n) is 20.0. The van der Waals surface area contributed by atoms with Crippen molar-refractivity contribution in [3.8, 4) is 11.5 Å². The molecule has 0 saturated carbocycles. The van der Waals surface area contributed by atoms with Crippen LogP contribution in [0.2, 0.25) is 10.0 Å². The molecule has 2 heterocycles. The van der Waals surface area contributed by atoms with Crippen LogP contribution in [0.3, 0.4) is 0 Å². The molecule has 1 atom stereocenters. The second kappa shape index (κ2) is 9.46. The highest BCUT2D eigenvalue weighted by molar-refractivity contribution is 6.51. The van der Waals surface area contributed by atoms with Crippen LogP contribution in [0.25, 0.3) is 16.8 Å². The van der Waals surface area contributed by atoms with Crippen molar-refractivity contribution in [1.82, 2.24) is 9.97 Å². The van der Waals surface area contributed by atoms with Gasteiger partial charge in [-0.2, -0.15) is 0 Å². The van der Waals surface area contributed by atoms with Crippen molar-refractivity contribution in [2.75, 3.05) is 19.1 Å². The molecule has 2 N–H and O–H groups in total. The number of aliphatic hydroxyl groups excluding tert-OH is 1. The van der Waals surface area contributed by atoms with Crippen LogP contribution in [0.1, 0.15) is 22.7 Å². The van der Waals surface area contributed by atoms with Gasteiger partial charge in [-0.05, 0) is 30.7 Å². The van der Waals surface area contributed by atoms with Gasteiger partial charge in [-0.15, -0.1) is 0 Å². The zero-order chi connectivity index (χ0) is 26.4. The number of benzene rings is 3. The summed E-state index contributed by atoms with van der Waals surface area (Å²) in [5.41, 5.74) is 2.70. The summed E-state index contributed by atoms with van der Waals surface area (Å²) in [5.74, 6) is -1.88. The van der Waals surface area contributed by atoms with Gasteiger partial charge < -0.3 is 19.6 Å². The molecule has 4 aromatic rings.